The van der Waals surface area contributed by atoms with Gasteiger partial charge in [0, 0.05) is 50.5 Å². The van der Waals surface area contributed by atoms with Gasteiger partial charge in [0.25, 0.3) is 0 Å². The van der Waals surface area contributed by atoms with Crippen LogP contribution in [-0.4, -0.2) is 40.9 Å². The molecule has 0 spiro atoms. The third kappa shape index (κ3) is 5.10. The lowest BCUT2D eigenvalue weighted by molar-refractivity contribution is 0.164. The van der Waals surface area contributed by atoms with Gasteiger partial charge in [-0.2, -0.15) is 5.10 Å². The Morgan fingerprint density at radius 2 is 2.09 bits per heavy atom. The summed E-state index contributed by atoms with van der Waals surface area (Å²) in [6.07, 6.45) is 5.06. The van der Waals surface area contributed by atoms with Gasteiger partial charge in [0.2, 0.25) is 0 Å². The summed E-state index contributed by atoms with van der Waals surface area (Å²) in [5.74, 6) is 0. The zero-order chi connectivity index (χ0) is 14.7. The van der Waals surface area contributed by atoms with E-state index in [2.05, 4.69) is 33.6 Å². The maximum atomic E-state index is 6.38. The molecule has 1 atom stereocenters. The highest BCUT2D eigenvalue weighted by atomic mass is 35.5. The predicted molar refractivity (Wildman–Crippen MR) is 100 cm³/mol. The van der Waals surface area contributed by atoms with Gasteiger partial charge in [0.15, 0.2) is 0 Å². The second-order valence-electron chi connectivity index (χ2n) is 5.55. The summed E-state index contributed by atoms with van der Waals surface area (Å²) >= 11 is 6.38. The van der Waals surface area contributed by atoms with Gasteiger partial charge in [-0.1, -0.05) is 29.8 Å². The fourth-order valence-electron chi connectivity index (χ4n) is 2.94. The average molecular weight is 378 g/mol. The lowest BCUT2D eigenvalue weighted by Gasteiger charge is -2.36. The number of hydrogen-bond acceptors (Lipinski definition) is 3. The number of aromatic nitrogens is 2. The number of piperazine rings is 1. The minimum atomic E-state index is 0. The summed E-state index contributed by atoms with van der Waals surface area (Å²) in [5.41, 5.74) is 2.51. The van der Waals surface area contributed by atoms with Crippen molar-refractivity contribution in [2.45, 2.75) is 12.5 Å². The maximum Gasteiger partial charge on any atom is 0.0522 e. The molecule has 128 valence electrons. The van der Waals surface area contributed by atoms with E-state index in [1.807, 2.05) is 30.1 Å². The number of aryl methyl sites for hydroxylation is 1. The maximum absolute atomic E-state index is 6.38. The van der Waals surface area contributed by atoms with E-state index in [1.54, 1.807) is 0 Å². The third-order valence-electron chi connectivity index (χ3n) is 4.06. The topological polar surface area (TPSA) is 33.1 Å². The molecule has 0 amide bonds. The van der Waals surface area contributed by atoms with E-state index in [0.717, 1.165) is 37.6 Å². The second-order valence-corrected chi connectivity index (χ2v) is 5.96. The van der Waals surface area contributed by atoms with Crippen LogP contribution in [0.4, 0.5) is 0 Å². The molecule has 23 heavy (non-hydrogen) atoms. The molecule has 1 aromatic carbocycles. The Bertz CT molecular complexity index is 603. The molecule has 1 saturated heterocycles. The monoisotopic (exact) mass is 376 g/mol. The van der Waals surface area contributed by atoms with Gasteiger partial charge in [-0.05, 0) is 23.6 Å². The molecule has 1 N–H and O–H groups in total. The van der Waals surface area contributed by atoms with Gasteiger partial charge in [-0.3, -0.25) is 9.58 Å². The second kappa shape index (κ2) is 9.50. The molecule has 1 fully saturated rings. The van der Waals surface area contributed by atoms with Gasteiger partial charge in [0.1, 0.15) is 0 Å². The summed E-state index contributed by atoms with van der Waals surface area (Å²) in [6.45, 7) is 4.07. The molecule has 3 rings (SSSR count). The van der Waals surface area contributed by atoms with Crippen molar-refractivity contribution in [3.8, 4) is 0 Å². The summed E-state index contributed by atoms with van der Waals surface area (Å²) in [7, 11) is 1.96. The van der Waals surface area contributed by atoms with Crippen LogP contribution in [0.2, 0.25) is 5.02 Å². The highest BCUT2D eigenvalue weighted by Gasteiger charge is 2.24. The molecule has 1 aromatic heterocycles. The van der Waals surface area contributed by atoms with Gasteiger partial charge in [-0.15, -0.1) is 24.8 Å². The minimum absolute atomic E-state index is 0. The summed E-state index contributed by atoms with van der Waals surface area (Å²) < 4.78 is 1.86. The van der Waals surface area contributed by atoms with E-state index in [9.17, 15) is 0 Å². The van der Waals surface area contributed by atoms with Crippen LogP contribution in [0.5, 0.6) is 0 Å². The van der Waals surface area contributed by atoms with E-state index in [0.29, 0.717) is 6.04 Å². The molecule has 1 unspecified atom stereocenters. The molecule has 2 aromatic rings. The Morgan fingerprint density at radius 3 is 2.78 bits per heavy atom. The lowest BCUT2D eigenvalue weighted by Crippen LogP contribution is -2.46. The molecule has 0 radical (unpaired) electrons. The van der Waals surface area contributed by atoms with Crippen LogP contribution >= 0.6 is 36.4 Å². The van der Waals surface area contributed by atoms with Crippen LogP contribution in [-0.2, 0) is 13.5 Å². The molecule has 7 heteroatoms. The van der Waals surface area contributed by atoms with Crippen molar-refractivity contribution in [2.75, 3.05) is 26.2 Å². The highest BCUT2D eigenvalue weighted by Crippen LogP contribution is 2.28. The molecule has 4 nitrogen and oxygen atoms in total. The largest absolute Gasteiger partial charge is 0.314 e. The van der Waals surface area contributed by atoms with Crippen molar-refractivity contribution < 1.29 is 0 Å². The number of benzene rings is 1. The molecule has 0 aliphatic carbocycles. The Morgan fingerprint density at radius 1 is 1.30 bits per heavy atom. The van der Waals surface area contributed by atoms with Crippen LogP contribution in [0, 0.1) is 0 Å². The van der Waals surface area contributed by atoms with Crippen LogP contribution in [0.1, 0.15) is 17.2 Å². The summed E-state index contributed by atoms with van der Waals surface area (Å²) in [6, 6.07) is 8.52. The fraction of sp³-hybridized carbons (Fsp3) is 0.438. The molecule has 0 bridgehead atoms. The van der Waals surface area contributed by atoms with Crippen molar-refractivity contribution >= 4 is 36.4 Å². The van der Waals surface area contributed by atoms with Gasteiger partial charge < -0.3 is 5.32 Å². The van der Waals surface area contributed by atoms with E-state index < -0.39 is 0 Å². The van der Waals surface area contributed by atoms with Crippen molar-refractivity contribution in [1.29, 1.82) is 0 Å². The van der Waals surface area contributed by atoms with E-state index in [1.165, 1.54) is 11.1 Å². The predicted octanol–water partition coefficient (Wildman–Crippen LogP) is 3.11. The van der Waals surface area contributed by atoms with Gasteiger partial charge in [0.05, 0.1) is 6.20 Å². The minimum Gasteiger partial charge on any atom is -0.314 e. The smallest absolute Gasteiger partial charge is 0.0522 e. The van der Waals surface area contributed by atoms with Crippen molar-refractivity contribution in [2.24, 2.45) is 7.05 Å². The summed E-state index contributed by atoms with van der Waals surface area (Å²) in [5, 5.41) is 8.57. The van der Waals surface area contributed by atoms with E-state index >= 15 is 0 Å². The molecule has 1 aliphatic heterocycles. The number of rotatable bonds is 4. The SMILES string of the molecule is Cl.Cl.Cn1cc(CCN2CCNCC2c2ccccc2Cl)cn1. The third-order valence-corrected chi connectivity index (χ3v) is 4.41. The number of nitrogens with one attached hydrogen (secondary N) is 1. The quantitative estimate of drug-likeness (QED) is 0.889. The first-order valence-corrected chi connectivity index (χ1v) is 7.78. The Kier molecular flexibility index (Phi) is 8.37. The van der Waals surface area contributed by atoms with Crippen LogP contribution < -0.4 is 5.32 Å². The molecule has 2 heterocycles. The number of hydrogen-bond donors (Lipinski definition) is 1. The Labute approximate surface area is 155 Å². The zero-order valence-corrected chi connectivity index (χ0v) is 15.5. The van der Waals surface area contributed by atoms with E-state index in [-0.39, 0.29) is 24.8 Å². The van der Waals surface area contributed by atoms with Gasteiger partial charge >= 0.3 is 0 Å². The standard InChI is InChI=1S/C16H21ClN4.2ClH/c1-20-12-13(10-19-20)6-8-21-9-7-18-11-16(21)14-4-2-3-5-15(14)17;;/h2-5,10,12,16,18H,6-9,11H2,1H3;2*1H. The van der Waals surface area contributed by atoms with Crippen LogP contribution in [0.25, 0.3) is 0 Å². The first-order valence-electron chi connectivity index (χ1n) is 7.41. The average Bonchev–Trinajstić information content (AvgIpc) is 2.92. The fourth-order valence-corrected chi connectivity index (χ4v) is 3.20. The van der Waals surface area contributed by atoms with Crippen LogP contribution in [0.3, 0.4) is 0 Å². The summed E-state index contributed by atoms with van der Waals surface area (Å²) in [4.78, 5) is 2.52. The molecular formula is C16H23Cl3N4. The van der Waals surface area contributed by atoms with Crippen molar-refractivity contribution in [3.63, 3.8) is 0 Å². The first-order chi connectivity index (χ1) is 10.2. The van der Waals surface area contributed by atoms with Gasteiger partial charge in [-0.25, -0.2) is 0 Å². The normalized spacial score (nSPS) is 18.1. The molecular weight excluding hydrogens is 355 g/mol. The lowest BCUT2D eigenvalue weighted by atomic mass is 10.0. The highest BCUT2D eigenvalue weighted by molar-refractivity contribution is 6.31. The van der Waals surface area contributed by atoms with Crippen molar-refractivity contribution in [1.82, 2.24) is 20.0 Å². The first kappa shape index (κ1) is 20.3. The zero-order valence-electron chi connectivity index (χ0n) is 13.1. The number of nitrogens with zero attached hydrogens (tertiary/aromatic N) is 3. The van der Waals surface area contributed by atoms with E-state index in [4.69, 9.17) is 11.6 Å². The molecule has 1 aliphatic rings. The Hall–Kier alpha value is -0.780. The van der Waals surface area contributed by atoms with Crippen LogP contribution in [0.15, 0.2) is 36.7 Å². The van der Waals surface area contributed by atoms with Crippen molar-refractivity contribution in [3.05, 3.63) is 52.8 Å². The molecule has 0 saturated carbocycles. The Balaban J connectivity index is 0.00000132. The number of halogens is 3.